The SMILES string of the molecule is CCCC(CNCC(C)C)N1CCCCc2ccccc21. The molecule has 0 aromatic heterocycles. The highest BCUT2D eigenvalue weighted by Gasteiger charge is 2.22. The third-order valence-electron chi connectivity index (χ3n) is 4.39. The van der Waals surface area contributed by atoms with Gasteiger partial charge < -0.3 is 10.2 Å². The smallest absolute Gasteiger partial charge is 0.0414 e. The molecule has 1 aromatic carbocycles. The second-order valence-electron chi connectivity index (χ2n) is 6.77. The second-order valence-corrected chi connectivity index (χ2v) is 6.77. The van der Waals surface area contributed by atoms with Gasteiger partial charge in [-0.2, -0.15) is 0 Å². The van der Waals surface area contributed by atoms with Crippen molar-refractivity contribution in [3.8, 4) is 0 Å². The van der Waals surface area contributed by atoms with Crippen molar-refractivity contribution in [3.63, 3.8) is 0 Å². The summed E-state index contributed by atoms with van der Waals surface area (Å²) in [7, 11) is 0. The van der Waals surface area contributed by atoms with Crippen LogP contribution in [0.4, 0.5) is 5.69 Å². The lowest BCUT2D eigenvalue weighted by molar-refractivity contribution is 0.468. The molecule has 2 nitrogen and oxygen atoms in total. The predicted octanol–water partition coefficient (Wildman–Crippen LogP) is 4.24. The van der Waals surface area contributed by atoms with E-state index in [1.54, 1.807) is 5.56 Å². The first-order valence-corrected chi connectivity index (χ1v) is 8.77. The number of aryl methyl sites for hydroxylation is 1. The molecule has 21 heavy (non-hydrogen) atoms. The van der Waals surface area contributed by atoms with Crippen molar-refractivity contribution < 1.29 is 0 Å². The number of para-hydroxylation sites is 1. The van der Waals surface area contributed by atoms with Crippen LogP contribution < -0.4 is 10.2 Å². The molecule has 2 rings (SSSR count). The molecule has 1 heterocycles. The van der Waals surface area contributed by atoms with Gasteiger partial charge in [0.1, 0.15) is 0 Å². The number of nitrogens with one attached hydrogen (secondary N) is 1. The molecule has 1 atom stereocenters. The topological polar surface area (TPSA) is 15.3 Å². The number of anilines is 1. The van der Waals surface area contributed by atoms with Crippen molar-refractivity contribution in [3.05, 3.63) is 29.8 Å². The average molecular weight is 288 g/mol. The summed E-state index contributed by atoms with van der Waals surface area (Å²) in [5.74, 6) is 0.726. The molecule has 0 spiro atoms. The van der Waals surface area contributed by atoms with Crippen molar-refractivity contribution in [2.45, 2.75) is 58.9 Å². The van der Waals surface area contributed by atoms with Crippen molar-refractivity contribution in [2.24, 2.45) is 5.92 Å². The van der Waals surface area contributed by atoms with Crippen LogP contribution in [0.15, 0.2) is 24.3 Å². The van der Waals surface area contributed by atoms with Gasteiger partial charge in [0.25, 0.3) is 0 Å². The van der Waals surface area contributed by atoms with Crippen LogP contribution >= 0.6 is 0 Å². The fourth-order valence-corrected chi connectivity index (χ4v) is 3.34. The van der Waals surface area contributed by atoms with E-state index in [2.05, 4.69) is 55.3 Å². The van der Waals surface area contributed by atoms with E-state index in [0.717, 1.165) is 19.0 Å². The van der Waals surface area contributed by atoms with Crippen LogP contribution in [-0.2, 0) is 6.42 Å². The third kappa shape index (κ3) is 4.74. The minimum atomic E-state index is 0.632. The van der Waals surface area contributed by atoms with Crippen molar-refractivity contribution >= 4 is 5.69 Å². The zero-order valence-electron chi connectivity index (χ0n) is 14.1. The van der Waals surface area contributed by atoms with Crippen LogP contribution in [-0.4, -0.2) is 25.7 Å². The Morgan fingerprint density at radius 2 is 1.95 bits per heavy atom. The summed E-state index contributed by atoms with van der Waals surface area (Å²) < 4.78 is 0. The minimum Gasteiger partial charge on any atom is -0.367 e. The first kappa shape index (κ1) is 16.4. The summed E-state index contributed by atoms with van der Waals surface area (Å²) in [6.45, 7) is 10.3. The molecule has 0 radical (unpaired) electrons. The molecular formula is C19H32N2. The first-order chi connectivity index (χ1) is 10.2. The van der Waals surface area contributed by atoms with Crippen molar-refractivity contribution in [1.29, 1.82) is 0 Å². The predicted molar refractivity (Wildman–Crippen MR) is 93.1 cm³/mol. The Morgan fingerprint density at radius 3 is 2.71 bits per heavy atom. The average Bonchev–Trinajstić information content (AvgIpc) is 2.68. The largest absolute Gasteiger partial charge is 0.367 e. The fourth-order valence-electron chi connectivity index (χ4n) is 3.34. The highest BCUT2D eigenvalue weighted by Crippen LogP contribution is 2.28. The highest BCUT2D eigenvalue weighted by atomic mass is 15.2. The summed E-state index contributed by atoms with van der Waals surface area (Å²) in [5.41, 5.74) is 3.03. The summed E-state index contributed by atoms with van der Waals surface area (Å²) in [4.78, 5) is 2.68. The van der Waals surface area contributed by atoms with Crippen LogP contribution in [0.3, 0.4) is 0 Å². The Balaban J connectivity index is 2.10. The Labute approximate surface area is 130 Å². The van der Waals surface area contributed by atoms with Crippen LogP contribution in [0.1, 0.15) is 52.0 Å². The van der Waals surface area contributed by atoms with Gasteiger partial charge in [-0.1, -0.05) is 45.4 Å². The van der Waals surface area contributed by atoms with Gasteiger partial charge in [0.05, 0.1) is 0 Å². The Morgan fingerprint density at radius 1 is 1.14 bits per heavy atom. The Hall–Kier alpha value is -1.02. The maximum absolute atomic E-state index is 3.68. The van der Waals surface area contributed by atoms with Crippen LogP contribution in [0.5, 0.6) is 0 Å². The molecule has 0 fully saturated rings. The summed E-state index contributed by atoms with van der Waals surface area (Å²) >= 11 is 0. The standard InChI is InChI=1S/C19H32N2/c1-4-9-18(15-20-14-16(2)3)21-13-8-7-11-17-10-5-6-12-19(17)21/h5-6,10,12,16,18,20H,4,7-9,11,13-15H2,1-3H3. The molecule has 0 saturated heterocycles. The number of fused-ring (bicyclic) bond motifs is 1. The second kappa shape index (κ2) is 8.43. The number of nitrogens with zero attached hydrogens (tertiary/aromatic N) is 1. The van der Waals surface area contributed by atoms with Crippen LogP contribution in [0.2, 0.25) is 0 Å². The normalized spacial score (nSPS) is 16.7. The lowest BCUT2D eigenvalue weighted by Gasteiger charge is -2.34. The summed E-state index contributed by atoms with van der Waals surface area (Å²) in [6, 6.07) is 9.66. The molecule has 0 amide bonds. The first-order valence-electron chi connectivity index (χ1n) is 8.77. The van der Waals surface area contributed by atoms with Gasteiger partial charge in [-0.25, -0.2) is 0 Å². The Bertz CT molecular complexity index is 414. The van der Waals surface area contributed by atoms with Gasteiger partial charge in [-0.05, 0) is 49.8 Å². The van der Waals surface area contributed by atoms with Gasteiger partial charge in [0.15, 0.2) is 0 Å². The van der Waals surface area contributed by atoms with Gasteiger partial charge >= 0.3 is 0 Å². The number of hydrogen-bond donors (Lipinski definition) is 1. The molecule has 0 saturated carbocycles. The molecule has 1 N–H and O–H groups in total. The highest BCUT2D eigenvalue weighted by molar-refractivity contribution is 5.55. The molecule has 0 bridgehead atoms. The van der Waals surface area contributed by atoms with E-state index in [-0.39, 0.29) is 0 Å². The van der Waals surface area contributed by atoms with Gasteiger partial charge in [0, 0.05) is 24.8 Å². The molecule has 0 aliphatic carbocycles. The lowest BCUT2D eigenvalue weighted by atomic mass is 10.1. The van der Waals surface area contributed by atoms with E-state index in [1.807, 2.05) is 0 Å². The molecule has 1 aliphatic heterocycles. The van der Waals surface area contributed by atoms with E-state index in [1.165, 1.54) is 44.3 Å². The molecular weight excluding hydrogens is 256 g/mol. The maximum Gasteiger partial charge on any atom is 0.0414 e. The fraction of sp³-hybridized carbons (Fsp3) is 0.684. The molecule has 1 aromatic rings. The van der Waals surface area contributed by atoms with Crippen molar-refractivity contribution in [1.82, 2.24) is 5.32 Å². The summed E-state index contributed by atoms with van der Waals surface area (Å²) in [5, 5.41) is 3.68. The van der Waals surface area contributed by atoms with Gasteiger partial charge in [0.2, 0.25) is 0 Å². The number of rotatable bonds is 7. The van der Waals surface area contributed by atoms with E-state index < -0.39 is 0 Å². The van der Waals surface area contributed by atoms with Crippen molar-refractivity contribution in [2.75, 3.05) is 24.5 Å². The van der Waals surface area contributed by atoms with E-state index in [4.69, 9.17) is 0 Å². The van der Waals surface area contributed by atoms with E-state index in [0.29, 0.717) is 6.04 Å². The van der Waals surface area contributed by atoms with Crippen LogP contribution in [0.25, 0.3) is 0 Å². The van der Waals surface area contributed by atoms with Crippen LogP contribution in [0, 0.1) is 5.92 Å². The molecule has 118 valence electrons. The molecule has 1 unspecified atom stereocenters. The van der Waals surface area contributed by atoms with E-state index in [9.17, 15) is 0 Å². The lowest BCUT2D eigenvalue weighted by Crippen LogP contribution is -2.43. The molecule has 1 aliphatic rings. The van der Waals surface area contributed by atoms with Gasteiger partial charge in [-0.15, -0.1) is 0 Å². The monoisotopic (exact) mass is 288 g/mol. The minimum absolute atomic E-state index is 0.632. The Kier molecular flexibility index (Phi) is 6.56. The summed E-state index contributed by atoms with van der Waals surface area (Å²) in [6.07, 6.45) is 6.42. The molecule has 2 heteroatoms. The maximum atomic E-state index is 3.68. The number of hydrogen-bond acceptors (Lipinski definition) is 2. The quantitative estimate of drug-likeness (QED) is 0.807. The zero-order valence-corrected chi connectivity index (χ0v) is 14.1. The zero-order chi connectivity index (χ0) is 15.1. The number of benzene rings is 1. The van der Waals surface area contributed by atoms with Gasteiger partial charge in [-0.3, -0.25) is 0 Å². The van der Waals surface area contributed by atoms with E-state index >= 15 is 0 Å². The third-order valence-corrected chi connectivity index (χ3v) is 4.39.